The molecule has 18 heteroatoms. The molecule has 4 N–H and O–H groups in total. The van der Waals surface area contributed by atoms with E-state index >= 15 is 0 Å². The topological polar surface area (TPSA) is 210 Å². The lowest BCUT2D eigenvalue weighted by molar-refractivity contribution is -0.881. The molecule has 5 rings (SSSR count). The zero-order valence-corrected chi connectivity index (χ0v) is 28.8. The van der Waals surface area contributed by atoms with Gasteiger partial charge >= 0.3 is 12.1 Å². The molecule has 17 nitrogen and oxygen atoms in total. The Morgan fingerprint density at radius 1 is 1.22 bits per heavy atom. The lowest BCUT2D eigenvalue weighted by Crippen LogP contribution is -2.49. The van der Waals surface area contributed by atoms with E-state index in [2.05, 4.69) is 36.2 Å². The second kappa shape index (κ2) is 14.5. The van der Waals surface area contributed by atoms with Gasteiger partial charge in [-0.2, -0.15) is 5.21 Å². The van der Waals surface area contributed by atoms with E-state index in [1.807, 2.05) is 31.1 Å². The van der Waals surface area contributed by atoms with Crippen molar-refractivity contribution in [2.45, 2.75) is 45.1 Å². The van der Waals surface area contributed by atoms with Gasteiger partial charge in [0.15, 0.2) is 17.5 Å². The van der Waals surface area contributed by atoms with Gasteiger partial charge in [0.2, 0.25) is 0 Å². The average molecular weight is 695 g/mol. The van der Waals surface area contributed by atoms with E-state index in [1.54, 1.807) is 32.3 Å². The smallest absolute Gasteiger partial charge is 0.407 e. The minimum absolute atomic E-state index is 0.0765. The van der Waals surface area contributed by atoms with Crippen LogP contribution in [0.1, 0.15) is 61.1 Å². The van der Waals surface area contributed by atoms with Crippen LogP contribution in [0.25, 0.3) is 17.8 Å². The quantitative estimate of drug-likeness (QED) is 0.167. The predicted octanol–water partition coefficient (Wildman–Crippen LogP) is 2.24. The number of hydrogen-bond donors (Lipinski definition) is 4. The van der Waals surface area contributed by atoms with Crippen molar-refractivity contribution in [3.8, 4) is 0 Å². The Labute approximate surface area is 285 Å². The van der Waals surface area contributed by atoms with Crippen LogP contribution in [0.3, 0.4) is 0 Å². The fourth-order valence-electron chi connectivity index (χ4n) is 5.24. The van der Waals surface area contributed by atoms with Crippen LogP contribution in [0.15, 0.2) is 28.5 Å². The van der Waals surface area contributed by atoms with E-state index < -0.39 is 24.1 Å². The summed E-state index contributed by atoms with van der Waals surface area (Å²) in [4.78, 5) is 62.1. The minimum atomic E-state index is -0.923. The van der Waals surface area contributed by atoms with Crippen molar-refractivity contribution in [1.29, 1.82) is 0 Å². The number of amides is 2. The summed E-state index contributed by atoms with van der Waals surface area (Å²) in [5.41, 5.74) is 1.11. The first-order valence-corrected chi connectivity index (χ1v) is 16.5. The molecular weight excluding hydrogens is 654 g/mol. The molecule has 1 aliphatic rings. The zero-order valence-electron chi connectivity index (χ0n) is 28.0. The lowest BCUT2D eigenvalue weighted by atomic mass is 9.93. The molecule has 4 aromatic heterocycles. The third-order valence-corrected chi connectivity index (χ3v) is 8.62. The van der Waals surface area contributed by atoms with Gasteiger partial charge < -0.3 is 24.5 Å². The van der Waals surface area contributed by atoms with Gasteiger partial charge in [-0.15, -0.1) is 21.5 Å². The molecule has 260 valence electrons. The third kappa shape index (κ3) is 9.02. The number of pyridine rings is 1. The van der Waals surface area contributed by atoms with Crippen molar-refractivity contribution >= 4 is 58.1 Å². The maximum Gasteiger partial charge on any atom is 0.407 e. The van der Waals surface area contributed by atoms with Gasteiger partial charge in [0.1, 0.15) is 17.6 Å². The van der Waals surface area contributed by atoms with Crippen molar-refractivity contribution in [1.82, 2.24) is 40.3 Å². The first-order valence-electron chi connectivity index (χ1n) is 15.7. The number of aromatic nitrogens is 7. The zero-order chi connectivity index (χ0) is 35.3. The molecule has 1 atom stereocenters. The largest absolute Gasteiger partial charge is 0.477 e. The number of carboxylic acid groups (broad SMARTS) is 1. The van der Waals surface area contributed by atoms with Crippen LogP contribution in [0.2, 0.25) is 0 Å². The van der Waals surface area contributed by atoms with E-state index in [0.717, 1.165) is 5.69 Å². The summed E-state index contributed by atoms with van der Waals surface area (Å²) >= 11 is 1.34. The van der Waals surface area contributed by atoms with Gasteiger partial charge in [0.05, 0.1) is 45.0 Å². The lowest BCUT2D eigenvalue weighted by Gasteiger charge is -2.34. The van der Waals surface area contributed by atoms with Gasteiger partial charge in [-0.05, 0) is 42.3 Å². The molecule has 0 aliphatic carbocycles. The van der Waals surface area contributed by atoms with Crippen molar-refractivity contribution < 1.29 is 28.7 Å². The second-order valence-electron chi connectivity index (χ2n) is 13.4. The molecule has 1 fully saturated rings. The number of aliphatic carboxylic acids is 1. The number of nitrogens with one attached hydrogen (secondary N) is 3. The average Bonchev–Trinajstić information content (AvgIpc) is 3.72. The van der Waals surface area contributed by atoms with Gasteiger partial charge in [0, 0.05) is 29.1 Å². The normalized spacial score (nSPS) is 15.4. The molecule has 0 spiro atoms. The van der Waals surface area contributed by atoms with Crippen molar-refractivity contribution in [3.05, 3.63) is 56.7 Å². The summed E-state index contributed by atoms with van der Waals surface area (Å²) in [5.74, 6) is -0.704. The summed E-state index contributed by atoms with van der Waals surface area (Å²) in [6, 6.07) is 3.09. The number of piperidine rings is 1. The Morgan fingerprint density at radius 3 is 2.71 bits per heavy atom. The molecule has 0 aromatic carbocycles. The van der Waals surface area contributed by atoms with Crippen LogP contribution in [-0.2, 0) is 14.9 Å². The van der Waals surface area contributed by atoms with Gasteiger partial charge in [-0.1, -0.05) is 20.8 Å². The number of likely N-dealkylation sites (N-methyl/N-ethyl adjacent to an activating group) is 1. The number of aromatic amines is 1. The molecule has 1 aliphatic heterocycles. The van der Waals surface area contributed by atoms with Crippen molar-refractivity contribution in [3.63, 3.8) is 0 Å². The molecule has 2 amide bonds. The Bertz CT molecular complexity index is 1910. The number of ether oxygens (including phenoxy) is 1. The molecule has 49 heavy (non-hydrogen) atoms. The monoisotopic (exact) mass is 694 g/mol. The minimum Gasteiger partial charge on any atom is -0.477 e. The Balaban J connectivity index is 1.38. The Morgan fingerprint density at radius 2 is 2.02 bits per heavy atom. The summed E-state index contributed by atoms with van der Waals surface area (Å²) in [5, 5.41) is 30.8. The highest BCUT2D eigenvalue weighted by Gasteiger charge is 2.28. The number of thiazole rings is 1. The SMILES string of the molecule is CC(C)(C)c1csc(NC(=O)c2ccn3c(=O)c(/C=C/c4nn[nH]n4)c(N4CCC[C@H](OC(=O)NCC[N+](C)(C)CC(=O)O)C4)nc3c2)n1. The van der Waals surface area contributed by atoms with Crippen LogP contribution in [0.5, 0.6) is 0 Å². The third-order valence-electron chi connectivity index (χ3n) is 7.86. The number of H-pyrrole nitrogens is 1. The van der Waals surface area contributed by atoms with Crippen LogP contribution >= 0.6 is 11.3 Å². The summed E-state index contributed by atoms with van der Waals surface area (Å²) in [6.45, 7) is 7.50. The summed E-state index contributed by atoms with van der Waals surface area (Å²) in [6.07, 6.45) is 4.74. The standard InChI is InChI=1S/C31H39N11O6S/c1-31(2,3)22-18-49-29(33-22)35-27(45)19-10-13-41-24(15-19)34-26(21(28(41)46)8-9-23-36-38-39-37-23)40-12-6-7-20(16-40)48-30(47)32-11-14-42(4,5)17-25(43)44/h8-10,13,15,18,20H,6-7,11-12,14,16-17H2,1-5H3,(H3-,32,33,35,36,37,38,39,43,44,45,47)/p+1/t20-/m0/s1. The molecule has 0 bridgehead atoms. The first kappa shape index (κ1) is 35.1. The highest BCUT2D eigenvalue weighted by Crippen LogP contribution is 2.27. The van der Waals surface area contributed by atoms with Crippen LogP contribution in [0, 0.1) is 0 Å². The van der Waals surface area contributed by atoms with E-state index in [4.69, 9.17) is 14.8 Å². The fourth-order valence-corrected chi connectivity index (χ4v) is 6.17. The number of fused-ring (bicyclic) bond motifs is 1. The molecule has 0 unspecified atom stereocenters. The number of rotatable bonds is 11. The van der Waals surface area contributed by atoms with Crippen LogP contribution in [0.4, 0.5) is 15.7 Å². The highest BCUT2D eigenvalue weighted by atomic mass is 32.1. The number of carbonyl (C=O) groups is 3. The van der Waals surface area contributed by atoms with Crippen LogP contribution < -0.4 is 21.1 Å². The first-order chi connectivity index (χ1) is 23.2. The van der Waals surface area contributed by atoms with Crippen molar-refractivity contribution in [2.75, 3.05) is 57.0 Å². The molecular formula is C31H40N11O6S+. The number of hydrogen-bond acceptors (Lipinski definition) is 12. The second-order valence-corrected chi connectivity index (χ2v) is 14.3. The number of quaternary nitrogens is 1. The molecule has 0 radical (unpaired) electrons. The molecule has 1 saturated heterocycles. The summed E-state index contributed by atoms with van der Waals surface area (Å²) < 4.78 is 7.26. The number of alkyl carbamates (subject to hydrolysis) is 1. The van der Waals surface area contributed by atoms with E-state index in [9.17, 15) is 19.2 Å². The van der Waals surface area contributed by atoms with E-state index in [0.29, 0.717) is 42.4 Å². The van der Waals surface area contributed by atoms with Crippen molar-refractivity contribution in [2.24, 2.45) is 0 Å². The Kier molecular flexibility index (Phi) is 10.4. The number of anilines is 2. The van der Waals surface area contributed by atoms with E-state index in [-0.39, 0.29) is 52.1 Å². The van der Waals surface area contributed by atoms with Crippen LogP contribution in [-0.4, -0.2) is 115 Å². The van der Waals surface area contributed by atoms with Gasteiger partial charge in [-0.3, -0.25) is 19.3 Å². The molecule has 4 aromatic rings. The summed E-state index contributed by atoms with van der Waals surface area (Å²) in [7, 11) is 3.53. The molecule has 5 heterocycles. The number of carboxylic acids is 1. The highest BCUT2D eigenvalue weighted by molar-refractivity contribution is 7.14. The Hall–Kier alpha value is -5.23. The van der Waals surface area contributed by atoms with Gasteiger partial charge in [0.25, 0.3) is 11.5 Å². The number of nitrogens with zero attached hydrogens (tertiary/aromatic N) is 8. The van der Waals surface area contributed by atoms with E-state index in [1.165, 1.54) is 28.0 Å². The number of carbonyl (C=O) groups excluding carboxylic acids is 2. The number of tetrazole rings is 1. The predicted molar refractivity (Wildman–Crippen MR) is 183 cm³/mol. The molecule has 0 saturated carbocycles. The van der Waals surface area contributed by atoms with Gasteiger partial charge in [-0.25, -0.2) is 19.6 Å². The maximum atomic E-state index is 13.9. The fraction of sp³-hybridized carbons (Fsp3) is 0.452. The maximum absolute atomic E-state index is 13.9.